The Labute approximate surface area is 122 Å². The van der Waals surface area contributed by atoms with E-state index in [4.69, 9.17) is 16.3 Å². The van der Waals surface area contributed by atoms with Gasteiger partial charge in [0.2, 0.25) is 0 Å². The lowest BCUT2D eigenvalue weighted by atomic mass is 10.2. The topological polar surface area (TPSA) is 27.1 Å². The number of rotatable bonds is 4. The van der Waals surface area contributed by atoms with Gasteiger partial charge < -0.3 is 9.30 Å². The van der Waals surface area contributed by atoms with Crippen LogP contribution in [-0.4, -0.2) is 16.7 Å². The fraction of sp³-hybridized carbons (Fsp3) is 0.188. The molecule has 0 fully saturated rings. The van der Waals surface area contributed by atoms with Crippen molar-refractivity contribution in [2.75, 3.05) is 7.11 Å². The van der Waals surface area contributed by atoms with Crippen LogP contribution in [0.15, 0.2) is 48.5 Å². The Bertz CT molecular complexity index is 719. The van der Waals surface area contributed by atoms with Gasteiger partial charge in [0.1, 0.15) is 11.6 Å². The summed E-state index contributed by atoms with van der Waals surface area (Å²) >= 11 is 6.01. The molecule has 0 aliphatic rings. The molecule has 0 N–H and O–H groups in total. The molecule has 3 aromatic rings. The van der Waals surface area contributed by atoms with E-state index in [0.29, 0.717) is 5.88 Å². The molecule has 4 heteroatoms. The third kappa shape index (κ3) is 2.37. The Balaban J connectivity index is 2.00. The van der Waals surface area contributed by atoms with E-state index in [2.05, 4.69) is 27.8 Å². The number of alkyl halides is 1. The summed E-state index contributed by atoms with van der Waals surface area (Å²) in [7, 11) is 1.67. The summed E-state index contributed by atoms with van der Waals surface area (Å²) in [6.45, 7) is 0.757. The maximum atomic E-state index is 6.01. The Morgan fingerprint density at radius 1 is 1.10 bits per heavy atom. The molecular formula is C16H15ClN2O. The van der Waals surface area contributed by atoms with Gasteiger partial charge in [-0.1, -0.05) is 24.3 Å². The number of aromatic nitrogens is 2. The zero-order valence-corrected chi connectivity index (χ0v) is 12.0. The van der Waals surface area contributed by atoms with Crippen molar-refractivity contribution in [1.29, 1.82) is 0 Å². The molecule has 2 aromatic carbocycles. The third-order valence-electron chi connectivity index (χ3n) is 3.35. The molecule has 1 aromatic heterocycles. The highest BCUT2D eigenvalue weighted by atomic mass is 35.5. The number of benzene rings is 2. The van der Waals surface area contributed by atoms with Crippen molar-refractivity contribution < 1.29 is 4.74 Å². The number of halogens is 1. The van der Waals surface area contributed by atoms with Gasteiger partial charge in [-0.15, -0.1) is 11.6 Å². The van der Waals surface area contributed by atoms with Gasteiger partial charge in [-0.3, -0.25) is 0 Å². The minimum absolute atomic E-state index is 0.408. The molecule has 0 bridgehead atoms. The number of hydrogen-bond donors (Lipinski definition) is 0. The van der Waals surface area contributed by atoms with Crippen molar-refractivity contribution in [2.45, 2.75) is 12.4 Å². The second-order valence-corrected chi connectivity index (χ2v) is 4.85. The molecule has 3 rings (SSSR count). The van der Waals surface area contributed by atoms with E-state index in [9.17, 15) is 0 Å². The number of fused-ring (bicyclic) bond motifs is 1. The number of ether oxygens (including phenoxy) is 1. The molecule has 1 heterocycles. The summed E-state index contributed by atoms with van der Waals surface area (Å²) in [5, 5.41) is 0. The Hall–Kier alpha value is -2.00. The van der Waals surface area contributed by atoms with E-state index in [1.54, 1.807) is 7.11 Å². The van der Waals surface area contributed by atoms with E-state index in [1.165, 1.54) is 5.56 Å². The molecule has 0 aliphatic carbocycles. The SMILES string of the molecule is COc1ccc(Cn2c(CCl)nc3ccccc32)cc1. The first kappa shape index (κ1) is 13.0. The van der Waals surface area contributed by atoms with Crippen LogP contribution in [0.4, 0.5) is 0 Å². The molecule has 0 radical (unpaired) electrons. The maximum absolute atomic E-state index is 6.01. The van der Waals surface area contributed by atoms with Crippen LogP contribution in [0.2, 0.25) is 0 Å². The summed E-state index contributed by atoms with van der Waals surface area (Å²) in [4.78, 5) is 4.57. The largest absolute Gasteiger partial charge is 0.497 e. The van der Waals surface area contributed by atoms with Crippen LogP contribution < -0.4 is 4.74 Å². The van der Waals surface area contributed by atoms with Gasteiger partial charge in [0.25, 0.3) is 0 Å². The van der Waals surface area contributed by atoms with Gasteiger partial charge in [0, 0.05) is 6.54 Å². The summed E-state index contributed by atoms with van der Waals surface area (Å²) in [6, 6.07) is 16.1. The number of nitrogens with zero attached hydrogens (tertiary/aromatic N) is 2. The van der Waals surface area contributed by atoms with Crippen molar-refractivity contribution in [3.05, 3.63) is 59.9 Å². The lowest BCUT2D eigenvalue weighted by Crippen LogP contribution is -2.03. The van der Waals surface area contributed by atoms with Crippen molar-refractivity contribution in [2.24, 2.45) is 0 Å². The molecule has 3 nitrogen and oxygen atoms in total. The molecule has 0 saturated carbocycles. The minimum Gasteiger partial charge on any atom is -0.497 e. The highest BCUT2D eigenvalue weighted by Crippen LogP contribution is 2.20. The maximum Gasteiger partial charge on any atom is 0.125 e. The van der Waals surface area contributed by atoms with E-state index in [-0.39, 0.29) is 0 Å². The van der Waals surface area contributed by atoms with E-state index in [1.807, 2.05) is 30.3 Å². The molecule has 0 spiro atoms. The van der Waals surface area contributed by atoms with Crippen LogP contribution in [-0.2, 0) is 12.4 Å². The standard InChI is InChI=1S/C16H15ClN2O/c1-20-13-8-6-12(7-9-13)11-19-15-5-3-2-4-14(15)18-16(19)10-17/h2-9H,10-11H2,1H3. The molecule has 20 heavy (non-hydrogen) atoms. The molecule has 0 aliphatic heterocycles. The van der Waals surface area contributed by atoms with E-state index >= 15 is 0 Å². The van der Waals surface area contributed by atoms with Crippen LogP contribution in [0, 0.1) is 0 Å². The van der Waals surface area contributed by atoms with Gasteiger partial charge in [0.05, 0.1) is 24.0 Å². The van der Waals surface area contributed by atoms with Crippen LogP contribution in [0.5, 0.6) is 5.75 Å². The lowest BCUT2D eigenvalue weighted by Gasteiger charge is -2.08. The smallest absolute Gasteiger partial charge is 0.125 e. The van der Waals surface area contributed by atoms with Crippen molar-refractivity contribution >= 4 is 22.6 Å². The molecule has 0 atom stereocenters. The minimum atomic E-state index is 0.408. The molecular weight excluding hydrogens is 272 g/mol. The monoisotopic (exact) mass is 286 g/mol. The van der Waals surface area contributed by atoms with Crippen molar-refractivity contribution in [3.8, 4) is 5.75 Å². The van der Waals surface area contributed by atoms with Crippen LogP contribution in [0.25, 0.3) is 11.0 Å². The van der Waals surface area contributed by atoms with Crippen molar-refractivity contribution in [3.63, 3.8) is 0 Å². The number of hydrogen-bond acceptors (Lipinski definition) is 2. The van der Waals surface area contributed by atoms with Gasteiger partial charge in [-0.25, -0.2) is 4.98 Å². The summed E-state index contributed by atoms with van der Waals surface area (Å²) < 4.78 is 7.34. The number of para-hydroxylation sites is 2. The zero-order valence-electron chi connectivity index (χ0n) is 11.2. The average molecular weight is 287 g/mol. The number of imidazole rings is 1. The molecule has 102 valence electrons. The fourth-order valence-electron chi connectivity index (χ4n) is 2.32. The highest BCUT2D eigenvalue weighted by molar-refractivity contribution is 6.16. The Morgan fingerprint density at radius 2 is 1.85 bits per heavy atom. The van der Waals surface area contributed by atoms with Crippen LogP contribution in [0.1, 0.15) is 11.4 Å². The van der Waals surface area contributed by atoms with Gasteiger partial charge in [-0.2, -0.15) is 0 Å². The first-order valence-electron chi connectivity index (χ1n) is 6.45. The van der Waals surface area contributed by atoms with Crippen LogP contribution in [0.3, 0.4) is 0 Å². The van der Waals surface area contributed by atoms with E-state index < -0.39 is 0 Å². The van der Waals surface area contributed by atoms with Gasteiger partial charge >= 0.3 is 0 Å². The quantitative estimate of drug-likeness (QED) is 0.682. The average Bonchev–Trinajstić information content (AvgIpc) is 2.86. The Morgan fingerprint density at radius 3 is 2.55 bits per heavy atom. The predicted molar refractivity (Wildman–Crippen MR) is 81.4 cm³/mol. The zero-order chi connectivity index (χ0) is 13.9. The van der Waals surface area contributed by atoms with Gasteiger partial charge in [0.15, 0.2) is 0 Å². The number of methoxy groups -OCH3 is 1. The second-order valence-electron chi connectivity index (χ2n) is 4.58. The molecule has 0 saturated heterocycles. The second kappa shape index (κ2) is 5.55. The lowest BCUT2D eigenvalue weighted by molar-refractivity contribution is 0.414. The first-order valence-corrected chi connectivity index (χ1v) is 6.98. The summed E-state index contributed by atoms with van der Waals surface area (Å²) in [5.41, 5.74) is 3.29. The fourth-order valence-corrected chi connectivity index (χ4v) is 2.52. The third-order valence-corrected chi connectivity index (χ3v) is 3.59. The molecule has 0 unspecified atom stereocenters. The normalized spacial score (nSPS) is 10.9. The van der Waals surface area contributed by atoms with Crippen LogP contribution >= 0.6 is 11.6 Å². The van der Waals surface area contributed by atoms with Crippen molar-refractivity contribution in [1.82, 2.24) is 9.55 Å². The highest BCUT2D eigenvalue weighted by Gasteiger charge is 2.09. The van der Waals surface area contributed by atoms with E-state index in [0.717, 1.165) is 29.2 Å². The van der Waals surface area contributed by atoms with Gasteiger partial charge in [-0.05, 0) is 29.8 Å². The summed E-state index contributed by atoms with van der Waals surface area (Å²) in [6.07, 6.45) is 0. The Kier molecular flexibility index (Phi) is 3.61. The first-order chi connectivity index (χ1) is 9.81. The molecule has 0 amide bonds. The predicted octanol–water partition coefficient (Wildman–Crippen LogP) is 3.83. The summed E-state index contributed by atoms with van der Waals surface area (Å²) in [5.74, 6) is 2.16.